The molecule has 0 radical (unpaired) electrons. The molecule has 0 aliphatic heterocycles. The maximum absolute atomic E-state index is 9.14. The molecule has 3 nitrogen and oxygen atoms in total. The molecule has 19 heavy (non-hydrogen) atoms. The zero-order valence-electron chi connectivity index (χ0n) is 11.2. The Morgan fingerprint density at radius 2 is 1.74 bits per heavy atom. The summed E-state index contributed by atoms with van der Waals surface area (Å²) in [5.41, 5.74) is 1.93. The first kappa shape index (κ1) is 13.4. The van der Waals surface area contributed by atoms with Crippen molar-refractivity contribution >= 4 is 0 Å². The second-order valence-corrected chi connectivity index (χ2v) is 4.26. The average Bonchev–Trinajstić information content (AvgIpc) is 2.40. The Balaban J connectivity index is 2.16. The van der Waals surface area contributed by atoms with Crippen molar-refractivity contribution in [3.63, 3.8) is 0 Å². The lowest BCUT2D eigenvalue weighted by molar-refractivity contribution is 0.281. The number of aliphatic hydroxyl groups is 1. The van der Waals surface area contributed by atoms with Crippen molar-refractivity contribution in [2.24, 2.45) is 0 Å². The number of aliphatic hydroxyl groups excluding tert-OH is 1. The largest absolute Gasteiger partial charge is 0.494 e. The summed E-state index contributed by atoms with van der Waals surface area (Å²) in [5.74, 6) is 2.29. The second-order valence-electron chi connectivity index (χ2n) is 4.26. The van der Waals surface area contributed by atoms with Gasteiger partial charge in [-0.25, -0.2) is 0 Å². The van der Waals surface area contributed by atoms with E-state index >= 15 is 0 Å². The van der Waals surface area contributed by atoms with E-state index in [1.165, 1.54) is 0 Å². The molecule has 0 saturated heterocycles. The van der Waals surface area contributed by atoms with Gasteiger partial charge in [0.05, 0.1) is 13.2 Å². The van der Waals surface area contributed by atoms with Gasteiger partial charge in [0, 0.05) is 6.07 Å². The number of rotatable bonds is 5. The van der Waals surface area contributed by atoms with Crippen LogP contribution in [0.2, 0.25) is 0 Å². The molecule has 0 heterocycles. The molecule has 0 amide bonds. The maximum Gasteiger partial charge on any atom is 0.131 e. The number of benzene rings is 2. The van der Waals surface area contributed by atoms with Gasteiger partial charge in [0.25, 0.3) is 0 Å². The Kier molecular flexibility index (Phi) is 4.42. The molecule has 0 aromatic heterocycles. The lowest BCUT2D eigenvalue weighted by Crippen LogP contribution is -1.93. The quantitative estimate of drug-likeness (QED) is 0.889. The zero-order valence-corrected chi connectivity index (χ0v) is 11.2. The molecule has 0 aliphatic carbocycles. The summed E-state index contributed by atoms with van der Waals surface area (Å²) >= 11 is 0. The van der Waals surface area contributed by atoms with Crippen molar-refractivity contribution in [2.75, 3.05) is 6.61 Å². The van der Waals surface area contributed by atoms with E-state index in [1.54, 1.807) is 0 Å². The van der Waals surface area contributed by atoms with Gasteiger partial charge in [-0.2, -0.15) is 0 Å². The molecule has 0 unspecified atom stereocenters. The number of aryl methyl sites for hydroxylation is 1. The summed E-state index contributed by atoms with van der Waals surface area (Å²) in [6, 6.07) is 13.2. The summed E-state index contributed by atoms with van der Waals surface area (Å²) < 4.78 is 11.2. The van der Waals surface area contributed by atoms with Gasteiger partial charge in [-0.1, -0.05) is 12.1 Å². The van der Waals surface area contributed by atoms with Crippen LogP contribution in [0.25, 0.3) is 0 Å². The van der Waals surface area contributed by atoms with Gasteiger partial charge in [-0.3, -0.25) is 0 Å². The van der Waals surface area contributed by atoms with E-state index in [2.05, 4.69) is 0 Å². The van der Waals surface area contributed by atoms with Crippen molar-refractivity contribution in [1.82, 2.24) is 0 Å². The summed E-state index contributed by atoms with van der Waals surface area (Å²) in [4.78, 5) is 0. The van der Waals surface area contributed by atoms with Crippen molar-refractivity contribution in [3.8, 4) is 17.2 Å². The number of hydrogen-bond acceptors (Lipinski definition) is 3. The van der Waals surface area contributed by atoms with Crippen LogP contribution in [0.3, 0.4) is 0 Å². The van der Waals surface area contributed by atoms with Crippen LogP contribution in [-0.2, 0) is 6.61 Å². The van der Waals surface area contributed by atoms with E-state index in [9.17, 15) is 0 Å². The van der Waals surface area contributed by atoms with E-state index < -0.39 is 0 Å². The minimum atomic E-state index is 0.0476. The SMILES string of the molecule is CCOc1cccc(Oc2ccc(CO)c(C)c2)c1. The van der Waals surface area contributed by atoms with Gasteiger partial charge in [-0.05, 0) is 49.2 Å². The Hall–Kier alpha value is -2.00. The topological polar surface area (TPSA) is 38.7 Å². The normalized spacial score (nSPS) is 10.3. The molecule has 0 fully saturated rings. The van der Waals surface area contributed by atoms with Crippen molar-refractivity contribution in [2.45, 2.75) is 20.5 Å². The van der Waals surface area contributed by atoms with Crippen LogP contribution in [0.1, 0.15) is 18.1 Å². The monoisotopic (exact) mass is 258 g/mol. The first-order valence-corrected chi connectivity index (χ1v) is 6.34. The molecule has 2 rings (SSSR count). The molecule has 1 N–H and O–H groups in total. The molecular weight excluding hydrogens is 240 g/mol. The minimum Gasteiger partial charge on any atom is -0.494 e. The first-order chi connectivity index (χ1) is 9.22. The molecule has 100 valence electrons. The maximum atomic E-state index is 9.14. The molecule has 0 bridgehead atoms. The van der Waals surface area contributed by atoms with Crippen LogP contribution < -0.4 is 9.47 Å². The van der Waals surface area contributed by atoms with Crippen LogP contribution in [0.15, 0.2) is 42.5 Å². The first-order valence-electron chi connectivity index (χ1n) is 6.34. The van der Waals surface area contributed by atoms with E-state index in [-0.39, 0.29) is 6.61 Å². The summed E-state index contributed by atoms with van der Waals surface area (Å²) in [6.07, 6.45) is 0. The highest BCUT2D eigenvalue weighted by atomic mass is 16.5. The Morgan fingerprint density at radius 1 is 1.00 bits per heavy atom. The Labute approximate surface area is 113 Å². The fourth-order valence-corrected chi connectivity index (χ4v) is 1.84. The summed E-state index contributed by atoms with van der Waals surface area (Å²) in [6.45, 7) is 4.58. The number of ether oxygens (including phenoxy) is 2. The molecule has 2 aromatic rings. The second kappa shape index (κ2) is 6.25. The molecule has 0 saturated carbocycles. The summed E-state index contributed by atoms with van der Waals surface area (Å²) in [5, 5.41) is 9.14. The van der Waals surface area contributed by atoms with Crippen LogP contribution in [0.5, 0.6) is 17.2 Å². The van der Waals surface area contributed by atoms with E-state index in [0.29, 0.717) is 6.61 Å². The van der Waals surface area contributed by atoms with Gasteiger partial charge in [0.15, 0.2) is 0 Å². The molecule has 3 heteroatoms. The smallest absolute Gasteiger partial charge is 0.131 e. The van der Waals surface area contributed by atoms with Gasteiger partial charge < -0.3 is 14.6 Å². The molecule has 0 spiro atoms. The van der Waals surface area contributed by atoms with Crippen molar-refractivity contribution < 1.29 is 14.6 Å². The standard InChI is InChI=1S/C16H18O3/c1-3-18-14-5-4-6-15(10-14)19-16-8-7-13(11-17)12(2)9-16/h4-10,17H,3,11H2,1-2H3. The van der Waals surface area contributed by atoms with Crippen LogP contribution in [0, 0.1) is 6.92 Å². The predicted octanol–water partition coefficient (Wildman–Crippen LogP) is 3.68. The highest BCUT2D eigenvalue weighted by Gasteiger charge is 2.02. The summed E-state index contributed by atoms with van der Waals surface area (Å²) in [7, 11) is 0. The fraction of sp³-hybridized carbons (Fsp3) is 0.250. The van der Waals surface area contributed by atoms with Crippen molar-refractivity contribution in [1.29, 1.82) is 0 Å². The lowest BCUT2D eigenvalue weighted by Gasteiger charge is -2.10. The third-order valence-corrected chi connectivity index (χ3v) is 2.84. The predicted molar refractivity (Wildman–Crippen MR) is 74.8 cm³/mol. The van der Waals surface area contributed by atoms with E-state index in [0.717, 1.165) is 28.4 Å². The van der Waals surface area contributed by atoms with Crippen molar-refractivity contribution in [3.05, 3.63) is 53.6 Å². The zero-order chi connectivity index (χ0) is 13.7. The molecule has 0 atom stereocenters. The van der Waals surface area contributed by atoms with Gasteiger partial charge in [0.1, 0.15) is 17.2 Å². The fourth-order valence-electron chi connectivity index (χ4n) is 1.84. The average molecular weight is 258 g/mol. The van der Waals surface area contributed by atoms with Gasteiger partial charge in [-0.15, -0.1) is 0 Å². The molecule has 2 aromatic carbocycles. The third-order valence-electron chi connectivity index (χ3n) is 2.84. The third kappa shape index (κ3) is 3.48. The van der Waals surface area contributed by atoms with Crippen LogP contribution in [0.4, 0.5) is 0 Å². The van der Waals surface area contributed by atoms with Crippen LogP contribution >= 0.6 is 0 Å². The number of hydrogen-bond donors (Lipinski definition) is 1. The minimum absolute atomic E-state index is 0.0476. The molecule has 0 aliphatic rings. The van der Waals surface area contributed by atoms with Gasteiger partial charge >= 0.3 is 0 Å². The highest BCUT2D eigenvalue weighted by molar-refractivity contribution is 5.39. The van der Waals surface area contributed by atoms with Crippen LogP contribution in [-0.4, -0.2) is 11.7 Å². The van der Waals surface area contributed by atoms with Gasteiger partial charge in [0.2, 0.25) is 0 Å². The Morgan fingerprint density at radius 3 is 2.42 bits per heavy atom. The Bertz CT molecular complexity index is 549. The highest BCUT2D eigenvalue weighted by Crippen LogP contribution is 2.26. The lowest BCUT2D eigenvalue weighted by atomic mass is 10.1. The molecular formula is C16H18O3. The van der Waals surface area contributed by atoms with E-state index in [1.807, 2.05) is 56.3 Å². The van der Waals surface area contributed by atoms with E-state index in [4.69, 9.17) is 14.6 Å².